The van der Waals surface area contributed by atoms with Crippen molar-refractivity contribution in [2.24, 2.45) is 7.05 Å². The van der Waals surface area contributed by atoms with Gasteiger partial charge < -0.3 is 4.98 Å². The largest absolute Gasteiger partial charge is 0.336 e. The van der Waals surface area contributed by atoms with Gasteiger partial charge in [0.15, 0.2) is 5.65 Å². The maximum Gasteiger partial charge on any atom is 0.178 e. The van der Waals surface area contributed by atoms with Crippen molar-refractivity contribution in [3.63, 3.8) is 0 Å². The molecule has 3 heterocycles. The van der Waals surface area contributed by atoms with E-state index in [4.69, 9.17) is 0 Å². The predicted molar refractivity (Wildman–Crippen MR) is 103 cm³/mol. The lowest BCUT2D eigenvalue weighted by molar-refractivity contribution is 0.711. The molecule has 0 saturated carbocycles. The summed E-state index contributed by atoms with van der Waals surface area (Å²) in [6.07, 6.45) is 11.9. The summed E-state index contributed by atoms with van der Waals surface area (Å²) in [5.74, 6) is 0.808. The number of aromatic nitrogens is 5. The standard InChI is InChI=1S/C21H21N5/c1-26-13-17(12-23-26)20-24-19-18(9-10-22-21(19)25-20)16-8-7-14-5-3-2-4-6-15(14)11-16/h7-13H,2-6H2,1H3,(H,22,24,25). The van der Waals surface area contributed by atoms with Crippen molar-refractivity contribution in [1.29, 1.82) is 0 Å². The molecule has 0 unspecified atom stereocenters. The quantitative estimate of drug-likeness (QED) is 0.552. The third kappa shape index (κ3) is 2.60. The van der Waals surface area contributed by atoms with E-state index in [2.05, 4.69) is 44.3 Å². The van der Waals surface area contributed by atoms with Crippen molar-refractivity contribution in [3.05, 3.63) is 54.0 Å². The number of H-pyrrole nitrogens is 1. The summed E-state index contributed by atoms with van der Waals surface area (Å²) in [5.41, 5.74) is 8.10. The maximum atomic E-state index is 4.66. The summed E-state index contributed by atoms with van der Waals surface area (Å²) in [4.78, 5) is 12.6. The van der Waals surface area contributed by atoms with Crippen molar-refractivity contribution in [3.8, 4) is 22.5 Å². The van der Waals surface area contributed by atoms with Gasteiger partial charge in [-0.3, -0.25) is 4.68 Å². The highest BCUT2D eigenvalue weighted by atomic mass is 15.2. The number of aromatic amines is 1. The van der Waals surface area contributed by atoms with Crippen molar-refractivity contribution in [2.75, 3.05) is 0 Å². The fourth-order valence-corrected chi connectivity index (χ4v) is 3.91. The summed E-state index contributed by atoms with van der Waals surface area (Å²) >= 11 is 0. The molecule has 3 aromatic heterocycles. The van der Waals surface area contributed by atoms with Gasteiger partial charge in [-0.15, -0.1) is 0 Å². The Bertz CT molecular complexity index is 1090. The van der Waals surface area contributed by atoms with Gasteiger partial charge in [-0.05, 0) is 48.4 Å². The molecule has 0 spiro atoms. The minimum Gasteiger partial charge on any atom is -0.336 e. The van der Waals surface area contributed by atoms with Gasteiger partial charge >= 0.3 is 0 Å². The normalized spacial score (nSPS) is 14.3. The average Bonchev–Trinajstić information content (AvgIpc) is 3.20. The zero-order valence-electron chi connectivity index (χ0n) is 14.9. The van der Waals surface area contributed by atoms with Gasteiger partial charge in [-0.1, -0.05) is 24.6 Å². The first kappa shape index (κ1) is 15.3. The Kier molecular flexibility index (Phi) is 3.59. The fraction of sp³-hybridized carbons (Fsp3) is 0.286. The number of rotatable bonds is 2. The Balaban J connectivity index is 1.63. The van der Waals surface area contributed by atoms with Crippen LogP contribution in [0.15, 0.2) is 42.9 Å². The molecule has 5 heteroatoms. The minimum absolute atomic E-state index is 0.747. The first-order chi connectivity index (χ1) is 12.8. The zero-order valence-corrected chi connectivity index (χ0v) is 14.9. The van der Waals surface area contributed by atoms with Crippen LogP contribution in [-0.4, -0.2) is 24.7 Å². The van der Waals surface area contributed by atoms with Crippen LogP contribution in [0.4, 0.5) is 0 Å². The van der Waals surface area contributed by atoms with Gasteiger partial charge in [0.1, 0.15) is 5.82 Å². The van der Waals surface area contributed by atoms with Crippen LogP contribution in [0.2, 0.25) is 0 Å². The van der Waals surface area contributed by atoms with Crippen LogP contribution in [0.3, 0.4) is 0 Å². The average molecular weight is 343 g/mol. The molecule has 1 aliphatic rings. The molecule has 0 bridgehead atoms. The molecule has 0 saturated heterocycles. The molecule has 4 aromatic rings. The van der Waals surface area contributed by atoms with E-state index in [0.29, 0.717) is 0 Å². The van der Waals surface area contributed by atoms with Crippen molar-refractivity contribution in [1.82, 2.24) is 24.7 Å². The molecule has 26 heavy (non-hydrogen) atoms. The molecule has 0 atom stereocenters. The molecule has 130 valence electrons. The number of hydrogen-bond donors (Lipinski definition) is 1. The van der Waals surface area contributed by atoms with Crippen LogP contribution in [-0.2, 0) is 19.9 Å². The van der Waals surface area contributed by atoms with Crippen molar-refractivity contribution < 1.29 is 0 Å². The topological polar surface area (TPSA) is 59.4 Å². The van der Waals surface area contributed by atoms with Gasteiger partial charge in [-0.2, -0.15) is 5.10 Å². The molecule has 1 aromatic carbocycles. The lowest BCUT2D eigenvalue weighted by Gasteiger charge is -2.09. The van der Waals surface area contributed by atoms with Crippen LogP contribution >= 0.6 is 0 Å². The monoisotopic (exact) mass is 343 g/mol. The number of imidazole rings is 1. The van der Waals surface area contributed by atoms with E-state index in [0.717, 1.165) is 28.1 Å². The molecular weight excluding hydrogens is 322 g/mol. The van der Waals surface area contributed by atoms with E-state index >= 15 is 0 Å². The summed E-state index contributed by atoms with van der Waals surface area (Å²) in [7, 11) is 1.91. The maximum absolute atomic E-state index is 4.66. The molecule has 0 radical (unpaired) electrons. The number of aryl methyl sites for hydroxylation is 3. The fourth-order valence-electron chi connectivity index (χ4n) is 3.91. The molecular formula is C21H21N5. The lowest BCUT2D eigenvalue weighted by atomic mass is 9.96. The highest BCUT2D eigenvalue weighted by molar-refractivity contribution is 5.91. The highest BCUT2D eigenvalue weighted by Crippen LogP contribution is 2.31. The third-order valence-corrected chi connectivity index (χ3v) is 5.28. The Morgan fingerprint density at radius 1 is 1.00 bits per heavy atom. The Labute approximate surface area is 152 Å². The lowest BCUT2D eigenvalue weighted by Crippen LogP contribution is -1.92. The first-order valence-corrected chi connectivity index (χ1v) is 9.24. The predicted octanol–water partition coefficient (Wildman–Crippen LogP) is 4.29. The van der Waals surface area contributed by atoms with Gasteiger partial charge in [0.05, 0.1) is 17.3 Å². The third-order valence-electron chi connectivity index (χ3n) is 5.28. The summed E-state index contributed by atoms with van der Waals surface area (Å²) in [6.45, 7) is 0. The second kappa shape index (κ2) is 6.09. The van der Waals surface area contributed by atoms with Crippen molar-refractivity contribution >= 4 is 11.2 Å². The second-order valence-corrected chi connectivity index (χ2v) is 7.09. The van der Waals surface area contributed by atoms with E-state index in [-0.39, 0.29) is 0 Å². The molecule has 0 amide bonds. The number of pyridine rings is 1. The van der Waals surface area contributed by atoms with E-state index in [9.17, 15) is 0 Å². The van der Waals surface area contributed by atoms with Crippen LogP contribution in [0, 0.1) is 0 Å². The molecule has 5 rings (SSSR count). The van der Waals surface area contributed by atoms with Gasteiger partial charge in [0.2, 0.25) is 0 Å². The van der Waals surface area contributed by atoms with E-state index in [1.54, 1.807) is 4.68 Å². The number of nitrogens with one attached hydrogen (secondary N) is 1. The van der Waals surface area contributed by atoms with Crippen molar-refractivity contribution in [2.45, 2.75) is 32.1 Å². The second-order valence-electron chi connectivity index (χ2n) is 7.09. The zero-order chi connectivity index (χ0) is 17.5. The van der Waals surface area contributed by atoms with Crippen LogP contribution < -0.4 is 0 Å². The molecule has 1 N–H and O–H groups in total. The Hall–Kier alpha value is -2.95. The van der Waals surface area contributed by atoms with Gasteiger partial charge in [-0.25, -0.2) is 9.97 Å². The molecule has 5 nitrogen and oxygen atoms in total. The molecule has 0 fully saturated rings. The molecule has 1 aliphatic carbocycles. The smallest absolute Gasteiger partial charge is 0.178 e. The van der Waals surface area contributed by atoms with E-state index in [1.807, 2.05) is 25.6 Å². The number of benzene rings is 1. The summed E-state index contributed by atoms with van der Waals surface area (Å²) in [6, 6.07) is 8.98. The van der Waals surface area contributed by atoms with Crippen LogP contribution in [0.25, 0.3) is 33.7 Å². The number of fused-ring (bicyclic) bond motifs is 2. The SMILES string of the molecule is Cn1cc(-c2nc3nccc(-c4ccc5c(c4)CCCCC5)c3[nH]2)cn1. The number of hydrogen-bond acceptors (Lipinski definition) is 3. The minimum atomic E-state index is 0.747. The Morgan fingerprint density at radius 2 is 1.88 bits per heavy atom. The van der Waals surface area contributed by atoms with Gasteiger partial charge in [0, 0.05) is 25.0 Å². The summed E-state index contributed by atoms with van der Waals surface area (Å²) < 4.78 is 1.78. The molecule has 0 aliphatic heterocycles. The highest BCUT2D eigenvalue weighted by Gasteiger charge is 2.14. The van der Waals surface area contributed by atoms with Gasteiger partial charge in [0.25, 0.3) is 0 Å². The van der Waals surface area contributed by atoms with Crippen LogP contribution in [0.5, 0.6) is 0 Å². The van der Waals surface area contributed by atoms with Crippen LogP contribution in [0.1, 0.15) is 30.4 Å². The first-order valence-electron chi connectivity index (χ1n) is 9.24. The van der Waals surface area contributed by atoms with E-state index in [1.165, 1.54) is 48.8 Å². The number of nitrogens with zero attached hydrogens (tertiary/aromatic N) is 4. The Morgan fingerprint density at radius 3 is 2.73 bits per heavy atom. The summed E-state index contributed by atoms with van der Waals surface area (Å²) in [5, 5.41) is 4.24. The van der Waals surface area contributed by atoms with E-state index < -0.39 is 0 Å².